The summed E-state index contributed by atoms with van der Waals surface area (Å²) in [5.41, 5.74) is 4.52. The van der Waals surface area contributed by atoms with Crippen LogP contribution >= 0.6 is 0 Å². The summed E-state index contributed by atoms with van der Waals surface area (Å²) in [6, 6.07) is 14.1. The average Bonchev–Trinajstić information content (AvgIpc) is 3.17. The number of benzene rings is 2. The number of carbonyl (C=O) groups is 2. The molecule has 0 saturated carbocycles. The van der Waals surface area contributed by atoms with E-state index in [0.717, 1.165) is 35.5 Å². The third-order valence-electron chi connectivity index (χ3n) is 6.37. The number of fused-ring (bicyclic) bond motifs is 1. The van der Waals surface area contributed by atoms with Crippen LogP contribution in [0.5, 0.6) is 0 Å². The van der Waals surface area contributed by atoms with E-state index in [9.17, 15) is 14.0 Å². The molecule has 0 bridgehead atoms. The number of piperazine rings is 1. The zero-order valence-electron chi connectivity index (χ0n) is 18.1. The fourth-order valence-corrected chi connectivity index (χ4v) is 4.71. The van der Waals surface area contributed by atoms with Crippen molar-refractivity contribution < 1.29 is 14.0 Å². The standard InChI is InChI=1S/C25H25FN4O2/c1-17-24-22(7-4-8-23(24)31)30(27-17)19-11-9-18(10-12-19)25(32)29-15-13-28(14-16-29)21-6-3-2-5-20(21)26/h2-3,5-6,9-12H,4,7-8,13-16H2,1H3. The molecule has 1 amide bonds. The molecular weight excluding hydrogens is 407 g/mol. The van der Waals surface area contributed by atoms with E-state index >= 15 is 0 Å². The lowest BCUT2D eigenvalue weighted by molar-refractivity contribution is 0.0746. The molecule has 0 atom stereocenters. The molecule has 5 rings (SSSR count). The van der Waals surface area contributed by atoms with Gasteiger partial charge in [0.15, 0.2) is 5.78 Å². The lowest BCUT2D eigenvalue weighted by Gasteiger charge is -2.36. The summed E-state index contributed by atoms with van der Waals surface area (Å²) in [5, 5.41) is 4.59. The van der Waals surface area contributed by atoms with Gasteiger partial charge in [-0.3, -0.25) is 9.59 Å². The number of rotatable bonds is 3. The van der Waals surface area contributed by atoms with Gasteiger partial charge in [-0.2, -0.15) is 5.10 Å². The van der Waals surface area contributed by atoms with Gasteiger partial charge in [0.05, 0.1) is 28.3 Å². The highest BCUT2D eigenvalue weighted by molar-refractivity contribution is 5.99. The number of carbonyl (C=O) groups excluding carboxylic acids is 2. The number of ketones is 1. The lowest BCUT2D eigenvalue weighted by Crippen LogP contribution is -2.49. The number of halogens is 1. The van der Waals surface area contributed by atoms with Crippen molar-refractivity contribution in [1.29, 1.82) is 0 Å². The van der Waals surface area contributed by atoms with Gasteiger partial charge in [0, 0.05) is 38.2 Å². The number of amides is 1. The zero-order valence-corrected chi connectivity index (χ0v) is 18.1. The molecule has 0 unspecified atom stereocenters. The molecule has 6 nitrogen and oxygen atoms in total. The largest absolute Gasteiger partial charge is 0.366 e. The van der Waals surface area contributed by atoms with E-state index in [-0.39, 0.29) is 17.5 Å². The van der Waals surface area contributed by atoms with Crippen molar-refractivity contribution in [3.8, 4) is 5.69 Å². The summed E-state index contributed by atoms with van der Waals surface area (Å²) < 4.78 is 15.9. The molecule has 1 aliphatic carbocycles. The fraction of sp³-hybridized carbons (Fsp3) is 0.320. The van der Waals surface area contributed by atoms with Gasteiger partial charge >= 0.3 is 0 Å². The predicted molar refractivity (Wildman–Crippen MR) is 120 cm³/mol. The van der Waals surface area contributed by atoms with Gasteiger partial charge in [0.1, 0.15) is 5.82 Å². The van der Waals surface area contributed by atoms with Gasteiger partial charge in [0.25, 0.3) is 5.91 Å². The molecule has 0 N–H and O–H groups in total. The van der Waals surface area contributed by atoms with Crippen LogP contribution in [0.3, 0.4) is 0 Å². The predicted octanol–water partition coefficient (Wildman–Crippen LogP) is 3.80. The second-order valence-electron chi connectivity index (χ2n) is 8.37. The van der Waals surface area contributed by atoms with E-state index in [1.54, 1.807) is 12.1 Å². The molecule has 0 radical (unpaired) electrons. The summed E-state index contributed by atoms with van der Waals surface area (Å²) in [5.74, 6) is -0.101. The average molecular weight is 432 g/mol. The number of hydrogen-bond donors (Lipinski definition) is 0. The van der Waals surface area contributed by atoms with E-state index in [4.69, 9.17) is 0 Å². The summed E-state index contributed by atoms with van der Waals surface area (Å²) >= 11 is 0. The van der Waals surface area contributed by atoms with Crippen molar-refractivity contribution >= 4 is 17.4 Å². The Hall–Kier alpha value is -3.48. The van der Waals surface area contributed by atoms with E-state index in [2.05, 4.69) is 5.10 Å². The highest BCUT2D eigenvalue weighted by Gasteiger charge is 2.26. The number of Topliss-reactive ketones (excluding diaryl/α,β-unsaturated/α-hetero) is 1. The Morgan fingerprint density at radius 1 is 0.969 bits per heavy atom. The first-order valence-electron chi connectivity index (χ1n) is 11.0. The molecule has 7 heteroatoms. The van der Waals surface area contributed by atoms with Crippen LogP contribution in [-0.4, -0.2) is 52.5 Å². The molecule has 164 valence electrons. The Kier molecular flexibility index (Phi) is 5.25. The van der Waals surface area contributed by atoms with Crippen LogP contribution in [0.1, 0.15) is 44.9 Å². The van der Waals surface area contributed by atoms with Crippen molar-refractivity contribution in [1.82, 2.24) is 14.7 Å². The van der Waals surface area contributed by atoms with Gasteiger partial charge in [-0.15, -0.1) is 0 Å². The van der Waals surface area contributed by atoms with Crippen LogP contribution in [-0.2, 0) is 6.42 Å². The number of aryl methyl sites for hydroxylation is 1. The fourth-order valence-electron chi connectivity index (χ4n) is 4.71. The summed E-state index contributed by atoms with van der Waals surface area (Å²) in [6.07, 6.45) is 2.25. The van der Waals surface area contributed by atoms with Gasteiger partial charge in [-0.25, -0.2) is 9.07 Å². The minimum atomic E-state index is -0.236. The lowest BCUT2D eigenvalue weighted by atomic mass is 9.94. The van der Waals surface area contributed by atoms with Crippen LogP contribution in [0.25, 0.3) is 5.69 Å². The molecular formula is C25H25FN4O2. The smallest absolute Gasteiger partial charge is 0.253 e. The van der Waals surface area contributed by atoms with E-state index in [0.29, 0.717) is 43.9 Å². The van der Waals surface area contributed by atoms with Crippen LogP contribution in [0.4, 0.5) is 10.1 Å². The van der Waals surface area contributed by atoms with Crippen LogP contribution in [0.2, 0.25) is 0 Å². The van der Waals surface area contributed by atoms with E-state index in [1.807, 2.05) is 51.7 Å². The summed E-state index contributed by atoms with van der Waals surface area (Å²) in [6.45, 7) is 4.15. The first kappa shape index (κ1) is 20.4. The first-order chi connectivity index (χ1) is 15.5. The second kappa shape index (κ2) is 8.22. The van der Waals surface area contributed by atoms with Crippen molar-refractivity contribution in [2.45, 2.75) is 26.2 Å². The Balaban J connectivity index is 1.29. The minimum absolute atomic E-state index is 0.0291. The van der Waals surface area contributed by atoms with Crippen LogP contribution in [0.15, 0.2) is 48.5 Å². The van der Waals surface area contributed by atoms with Crippen LogP contribution in [0, 0.1) is 12.7 Å². The quantitative estimate of drug-likeness (QED) is 0.632. The minimum Gasteiger partial charge on any atom is -0.366 e. The third-order valence-corrected chi connectivity index (χ3v) is 6.37. The molecule has 3 aromatic rings. The molecule has 2 aromatic carbocycles. The summed E-state index contributed by atoms with van der Waals surface area (Å²) in [7, 11) is 0. The second-order valence-corrected chi connectivity index (χ2v) is 8.37. The van der Waals surface area contributed by atoms with Gasteiger partial charge < -0.3 is 9.80 Å². The first-order valence-corrected chi connectivity index (χ1v) is 11.0. The van der Waals surface area contributed by atoms with E-state index < -0.39 is 0 Å². The molecule has 1 aromatic heterocycles. The molecule has 1 aliphatic heterocycles. The molecule has 0 spiro atoms. The molecule has 2 heterocycles. The van der Waals surface area contributed by atoms with Gasteiger partial charge in [-0.05, 0) is 56.2 Å². The maximum absolute atomic E-state index is 14.1. The Morgan fingerprint density at radius 3 is 2.41 bits per heavy atom. The number of hydrogen-bond acceptors (Lipinski definition) is 4. The van der Waals surface area contributed by atoms with Crippen LogP contribution < -0.4 is 4.90 Å². The van der Waals surface area contributed by atoms with Crippen molar-refractivity contribution in [3.63, 3.8) is 0 Å². The normalized spacial score (nSPS) is 16.2. The monoisotopic (exact) mass is 432 g/mol. The number of aromatic nitrogens is 2. The topological polar surface area (TPSA) is 58.4 Å². The van der Waals surface area contributed by atoms with Crippen molar-refractivity contribution in [3.05, 3.63) is 76.9 Å². The van der Waals surface area contributed by atoms with Gasteiger partial charge in [-0.1, -0.05) is 12.1 Å². The molecule has 1 saturated heterocycles. The SMILES string of the molecule is Cc1nn(-c2ccc(C(=O)N3CCN(c4ccccc4F)CC3)cc2)c2c1C(=O)CCC2. The Morgan fingerprint density at radius 2 is 1.69 bits per heavy atom. The number of para-hydroxylation sites is 1. The number of nitrogens with zero attached hydrogens (tertiary/aromatic N) is 4. The molecule has 2 aliphatic rings. The van der Waals surface area contributed by atoms with Crippen molar-refractivity contribution in [2.75, 3.05) is 31.1 Å². The highest BCUT2D eigenvalue weighted by Crippen LogP contribution is 2.27. The molecule has 1 fully saturated rings. The third kappa shape index (κ3) is 3.57. The van der Waals surface area contributed by atoms with E-state index in [1.165, 1.54) is 6.07 Å². The summed E-state index contributed by atoms with van der Waals surface area (Å²) in [4.78, 5) is 29.1. The Labute approximate surface area is 186 Å². The highest BCUT2D eigenvalue weighted by atomic mass is 19.1. The maximum Gasteiger partial charge on any atom is 0.253 e. The maximum atomic E-state index is 14.1. The van der Waals surface area contributed by atoms with Gasteiger partial charge in [0.2, 0.25) is 0 Å². The molecule has 32 heavy (non-hydrogen) atoms. The number of anilines is 1. The zero-order chi connectivity index (χ0) is 22.2. The Bertz CT molecular complexity index is 1180. The van der Waals surface area contributed by atoms with Crippen molar-refractivity contribution in [2.24, 2.45) is 0 Å².